The van der Waals surface area contributed by atoms with Gasteiger partial charge < -0.3 is 5.32 Å². The molecule has 0 fully saturated rings. The zero-order valence-electron chi connectivity index (χ0n) is 5.60. The van der Waals surface area contributed by atoms with Gasteiger partial charge in [-0.05, 0) is 18.2 Å². The molecule has 0 atom stereocenters. The highest BCUT2D eigenvalue weighted by atomic mass is 79.9. The molecule has 1 N–H and O–H groups in total. The standard InChI is InChI=1S/C7H8BrN.ClH/c1-9-7-4-2-3-6(8)5-7;/h2-5,9H,1H3;1H. The lowest BCUT2D eigenvalue weighted by molar-refractivity contribution is 1.50. The van der Waals surface area contributed by atoms with Crippen LogP contribution < -0.4 is 5.32 Å². The molecule has 0 aliphatic heterocycles. The Kier molecular flexibility index (Phi) is 4.49. The van der Waals surface area contributed by atoms with Crippen molar-refractivity contribution in [2.75, 3.05) is 12.4 Å². The highest BCUT2D eigenvalue weighted by molar-refractivity contribution is 9.10. The van der Waals surface area contributed by atoms with Crippen LogP contribution in [0, 0.1) is 0 Å². The molecule has 56 valence electrons. The fraction of sp³-hybridized carbons (Fsp3) is 0.143. The molecular weight excluding hydrogens is 213 g/mol. The van der Waals surface area contributed by atoms with Gasteiger partial charge in [0, 0.05) is 17.2 Å². The second-order valence-corrected chi connectivity index (χ2v) is 2.68. The van der Waals surface area contributed by atoms with Crippen molar-refractivity contribution in [3.05, 3.63) is 28.7 Å². The lowest BCUT2D eigenvalue weighted by Gasteiger charge is -1.97. The lowest BCUT2D eigenvalue weighted by Crippen LogP contribution is -1.85. The molecule has 0 bridgehead atoms. The Bertz CT molecular complexity index is 203. The van der Waals surface area contributed by atoms with Crippen molar-refractivity contribution in [3.8, 4) is 0 Å². The van der Waals surface area contributed by atoms with Gasteiger partial charge in [0.05, 0.1) is 0 Å². The van der Waals surface area contributed by atoms with Gasteiger partial charge in [-0.3, -0.25) is 0 Å². The summed E-state index contributed by atoms with van der Waals surface area (Å²) in [6.45, 7) is 0. The van der Waals surface area contributed by atoms with Gasteiger partial charge in [-0.25, -0.2) is 0 Å². The smallest absolute Gasteiger partial charge is 0.0348 e. The molecule has 0 radical (unpaired) electrons. The van der Waals surface area contributed by atoms with E-state index in [9.17, 15) is 0 Å². The van der Waals surface area contributed by atoms with Crippen LogP contribution in [-0.2, 0) is 0 Å². The molecule has 0 saturated heterocycles. The Balaban J connectivity index is 0.000000810. The van der Waals surface area contributed by atoms with Gasteiger partial charge in [0.1, 0.15) is 0 Å². The minimum absolute atomic E-state index is 0. The van der Waals surface area contributed by atoms with Crippen LogP contribution in [0.3, 0.4) is 0 Å². The van der Waals surface area contributed by atoms with Crippen LogP contribution in [-0.4, -0.2) is 7.05 Å². The van der Waals surface area contributed by atoms with E-state index in [2.05, 4.69) is 21.2 Å². The molecule has 0 amide bonds. The van der Waals surface area contributed by atoms with E-state index in [0.29, 0.717) is 0 Å². The fourth-order valence-corrected chi connectivity index (χ4v) is 1.04. The van der Waals surface area contributed by atoms with Gasteiger partial charge in [-0.15, -0.1) is 12.4 Å². The summed E-state index contributed by atoms with van der Waals surface area (Å²) in [5.41, 5.74) is 1.13. The summed E-state index contributed by atoms with van der Waals surface area (Å²) in [4.78, 5) is 0. The van der Waals surface area contributed by atoms with Gasteiger partial charge in [-0.1, -0.05) is 22.0 Å². The van der Waals surface area contributed by atoms with Gasteiger partial charge in [0.25, 0.3) is 0 Å². The topological polar surface area (TPSA) is 12.0 Å². The van der Waals surface area contributed by atoms with Crippen molar-refractivity contribution in [2.45, 2.75) is 0 Å². The summed E-state index contributed by atoms with van der Waals surface area (Å²) in [7, 11) is 1.90. The molecule has 0 unspecified atom stereocenters. The number of nitrogens with one attached hydrogen (secondary N) is 1. The SMILES string of the molecule is CNc1cccc(Br)c1.Cl. The van der Waals surface area contributed by atoms with E-state index < -0.39 is 0 Å². The lowest BCUT2D eigenvalue weighted by atomic mass is 10.3. The van der Waals surface area contributed by atoms with Crippen LogP contribution in [0.2, 0.25) is 0 Å². The number of rotatable bonds is 1. The zero-order chi connectivity index (χ0) is 6.69. The van der Waals surface area contributed by atoms with Crippen molar-refractivity contribution in [2.24, 2.45) is 0 Å². The summed E-state index contributed by atoms with van der Waals surface area (Å²) in [5, 5.41) is 3.04. The van der Waals surface area contributed by atoms with Crippen LogP contribution in [0.4, 0.5) is 5.69 Å². The molecule has 10 heavy (non-hydrogen) atoms. The normalized spacial score (nSPS) is 8.20. The third-order valence-electron chi connectivity index (χ3n) is 1.11. The molecular formula is C7H9BrClN. The van der Waals surface area contributed by atoms with E-state index in [-0.39, 0.29) is 12.4 Å². The highest BCUT2D eigenvalue weighted by Crippen LogP contribution is 2.14. The van der Waals surface area contributed by atoms with Crippen LogP contribution in [0.1, 0.15) is 0 Å². The first-order chi connectivity index (χ1) is 4.33. The van der Waals surface area contributed by atoms with Crippen molar-refractivity contribution in [1.82, 2.24) is 0 Å². The van der Waals surface area contributed by atoms with Crippen LogP contribution in [0.15, 0.2) is 28.7 Å². The minimum Gasteiger partial charge on any atom is -0.388 e. The Morgan fingerprint density at radius 2 is 2.10 bits per heavy atom. The van der Waals surface area contributed by atoms with Crippen LogP contribution in [0.5, 0.6) is 0 Å². The van der Waals surface area contributed by atoms with Crippen LogP contribution in [0.25, 0.3) is 0 Å². The Hall–Kier alpha value is -0.210. The Labute approximate surface area is 75.4 Å². The molecule has 1 aromatic carbocycles. The summed E-state index contributed by atoms with van der Waals surface area (Å²) in [6.07, 6.45) is 0. The van der Waals surface area contributed by atoms with E-state index in [1.807, 2.05) is 31.3 Å². The second-order valence-electron chi connectivity index (χ2n) is 1.76. The van der Waals surface area contributed by atoms with E-state index in [1.54, 1.807) is 0 Å². The second kappa shape index (κ2) is 4.58. The number of hydrogen-bond donors (Lipinski definition) is 1. The molecule has 3 heteroatoms. The first kappa shape index (κ1) is 9.79. The van der Waals surface area contributed by atoms with E-state index in [4.69, 9.17) is 0 Å². The van der Waals surface area contributed by atoms with E-state index >= 15 is 0 Å². The third kappa shape index (κ3) is 2.58. The Morgan fingerprint density at radius 3 is 2.50 bits per heavy atom. The van der Waals surface area contributed by atoms with E-state index in [1.165, 1.54) is 0 Å². The molecule has 0 aliphatic rings. The maximum Gasteiger partial charge on any atom is 0.0348 e. The maximum atomic E-state index is 3.36. The number of benzene rings is 1. The summed E-state index contributed by atoms with van der Waals surface area (Å²) >= 11 is 3.36. The van der Waals surface area contributed by atoms with Crippen molar-refractivity contribution < 1.29 is 0 Å². The first-order valence-corrected chi connectivity index (χ1v) is 3.55. The van der Waals surface area contributed by atoms with Gasteiger partial charge in [0.2, 0.25) is 0 Å². The Morgan fingerprint density at radius 1 is 1.40 bits per heavy atom. The summed E-state index contributed by atoms with van der Waals surface area (Å²) < 4.78 is 1.11. The zero-order valence-corrected chi connectivity index (χ0v) is 8.00. The van der Waals surface area contributed by atoms with Gasteiger partial charge in [-0.2, -0.15) is 0 Å². The van der Waals surface area contributed by atoms with E-state index in [0.717, 1.165) is 10.2 Å². The van der Waals surface area contributed by atoms with Crippen molar-refractivity contribution in [3.63, 3.8) is 0 Å². The van der Waals surface area contributed by atoms with Crippen molar-refractivity contribution >= 4 is 34.0 Å². The molecule has 1 nitrogen and oxygen atoms in total. The predicted octanol–water partition coefficient (Wildman–Crippen LogP) is 2.91. The minimum atomic E-state index is 0. The summed E-state index contributed by atoms with van der Waals surface area (Å²) in [5.74, 6) is 0. The number of halogens is 2. The molecule has 1 rings (SSSR count). The highest BCUT2D eigenvalue weighted by Gasteiger charge is 1.86. The number of anilines is 1. The summed E-state index contributed by atoms with van der Waals surface area (Å²) in [6, 6.07) is 8.04. The number of hydrogen-bond acceptors (Lipinski definition) is 1. The molecule has 0 aromatic heterocycles. The maximum absolute atomic E-state index is 3.36. The average molecular weight is 223 g/mol. The quantitative estimate of drug-likeness (QED) is 0.770. The third-order valence-corrected chi connectivity index (χ3v) is 1.61. The molecule has 0 heterocycles. The van der Waals surface area contributed by atoms with Crippen molar-refractivity contribution in [1.29, 1.82) is 0 Å². The largest absolute Gasteiger partial charge is 0.388 e. The molecule has 0 saturated carbocycles. The molecule has 0 spiro atoms. The molecule has 0 aliphatic carbocycles. The fourth-order valence-electron chi connectivity index (χ4n) is 0.644. The first-order valence-electron chi connectivity index (χ1n) is 2.76. The monoisotopic (exact) mass is 221 g/mol. The predicted molar refractivity (Wildman–Crippen MR) is 50.9 cm³/mol. The van der Waals surface area contributed by atoms with Gasteiger partial charge in [0.15, 0.2) is 0 Å². The molecule has 1 aromatic rings. The average Bonchev–Trinajstić information content (AvgIpc) is 1.88. The van der Waals surface area contributed by atoms with Crippen LogP contribution >= 0.6 is 28.3 Å². The van der Waals surface area contributed by atoms with Gasteiger partial charge >= 0.3 is 0 Å².